The predicted molar refractivity (Wildman–Crippen MR) is 65.3 cm³/mol. The molecule has 0 atom stereocenters. The van der Waals surface area contributed by atoms with Gasteiger partial charge in [-0.25, -0.2) is 4.79 Å². The number of benzene rings is 1. The molecule has 0 aliphatic heterocycles. The fourth-order valence-electron chi connectivity index (χ4n) is 1.16. The minimum absolute atomic E-state index is 0.0596. The highest BCUT2D eigenvalue weighted by atomic mass is 35.5. The van der Waals surface area contributed by atoms with Crippen LogP contribution in [0.25, 0.3) is 6.08 Å². The molecule has 1 rings (SSSR count). The van der Waals surface area contributed by atoms with Gasteiger partial charge in [0.15, 0.2) is 0 Å². The molecule has 0 aliphatic carbocycles. The Morgan fingerprint density at radius 2 is 2.00 bits per heavy atom. The summed E-state index contributed by atoms with van der Waals surface area (Å²) in [6.45, 7) is 0. The molecule has 0 radical (unpaired) electrons. The van der Waals surface area contributed by atoms with E-state index in [0.29, 0.717) is 0 Å². The molecule has 0 heterocycles. The summed E-state index contributed by atoms with van der Waals surface area (Å²) >= 11 is 5.36. The highest BCUT2D eigenvalue weighted by Gasteiger charge is 2.12. The Morgan fingerprint density at radius 1 is 1.35 bits per heavy atom. The van der Waals surface area contributed by atoms with Crippen LogP contribution in [0, 0.1) is 0 Å². The van der Waals surface area contributed by atoms with E-state index in [2.05, 4.69) is 10.1 Å². The first-order chi connectivity index (χ1) is 8.17. The molecule has 0 spiro atoms. The van der Waals surface area contributed by atoms with Gasteiger partial charge in [-0.2, -0.15) is 0 Å². The molecule has 90 valence electrons. The molecule has 17 heavy (non-hydrogen) atoms. The third kappa shape index (κ3) is 4.28. The van der Waals surface area contributed by atoms with Crippen LogP contribution in [0.2, 0.25) is 0 Å². The van der Waals surface area contributed by atoms with Crippen LogP contribution in [0.4, 0.5) is 0 Å². The molecule has 5 heteroatoms. The van der Waals surface area contributed by atoms with Crippen LogP contribution >= 0.6 is 11.6 Å². The number of nitrogens with one attached hydrogen (secondary N) is 1. The first-order valence-electron chi connectivity index (χ1n) is 4.88. The maximum Gasteiger partial charge on any atom is 0.354 e. The Morgan fingerprint density at radius 3 is 2.53 bits per heavy atom. The van der Waals surface area contributed by atoms with Crippen molar-refractivity contribution < 1.29 is 14.3 Å². The van der Waals surface area contributed by atoms with Crippen molar-refractivity contribution in [3.8, 4) is 0 Å². The number of amides is 1. The molecule has 0 fully saturated rings. The van der Waals surface area contributed by atoms with Crippen LogP contribution in [0.5, 0.6) is 0 Å². The number of ether oxygens (including phenoxy) is 1. The fourth-order valence-corrected chi connectivity index (χ4v) is 1.22. The van der Waals surface area contributed by atoms with Gasteiger partial charge in [-0.05, 0) is 11.6 Å². The smallest absolute Gasteiger partial charge is 0.354 e. The van der Waals surface area contributed by atoms with Crippen LogP contribution in [0.3, 0.4) is 0 Å². The minimum Gasteiger partial charge on any atom is -0.464 e. The quantitative estimate of drug-likeness (QED) is 0.503. The first kappa shape index (κ1) is 13.3. The molecular weight excluding hydrogens is 242 g/mol. The van der Waals surface area contributed by atoms with Crippen molar-refractivity contribution in [2.24, 2.45) is 0 Å². The van der Waals surface area contributed by atoms with E-state index in [1.54, 1.807) is 12.1 Å². The number of carbonyl (C=O) groups is 2. The summed E-state index contributed by atoms with van der Waals surface area (Å²) in [6, 6.07) is 9.10. The number of hydrogen-bond donors (Lipinski definition) is 1. The Balaban J connectivity index is 2.94. The van der Waals surface area contributed by atoms with Gasteiger partial charge in [0, 0.05) is 0 Å². The number of esters is 1. The molecule has 1 N–H and O–H groups in total. The van der Waals surface area contributed by atoms with Crippen LogP contribution in [0.1, 0.15) is 5.56 Å². The average Bonchev–Trinajstić information content (AvgIpc) is 2.38. The van der Waals surface area contributed by atoms with E-state index in [0.717, 1.165) is 5.56 Å². The molecule has 1 amide bonds. The summed E-state index contributed by atoms with van der Waals surface area (Å²) in [5, 5.41) is 2.38. The lowest BCUT2D eigenvalue weighted by Crippen LogP contribution is -2.28. The van der Waals surface area contributed by atoms with E-state index in [4.69, 9.17) is 11.6 Å². The highest BCUT2D eigenvalue weighted by molar-refractivity contribution is 6.27. The average molecular weight is 254 g/mol. The standard InChI is InChI=1S/C12H12ClNO3/c1-17-12(16)10(14-11(15)8-13)7-9-5-3-2-4-6-9/h2-7H,8H2,1H3,(H,14,15). The largest absolute Gasteiger partial charge is 0.464 e. The summed E-state index contributed by atoms with van der Waals surface area (Å²) < 4.78 is 4.56. The molecule has 0 saturated heterocycles. The Kier molecular flexibility index (Phi) is 5.23. The van der Waals surface area contributed by atoms with Gasteiger partial charge in [0.05, 0.1) is 7.11 Å². The molecule has 0 aliphatic rings. The van der Waals surface area contributed by atoms with Crippen molar-refractivity contribution in [3.63, 3.8) is 0 Å². The Hall–Kier alpha value is -1.81. The number of rotatable bonds is 4. The topological polar surface area (TPSA) is 55.4 Å². The normalized spacial score (nSPS) is 10.8. The van der Waals surface area contributed by atoms with Gasteiger partial charge in [-0.3, -0.25) is 4.79 Å². The number of halogens is 1. The SMILES string of the molecule is COC(=O)C(=Cc1ccccc1)NC(=O)CCl. The lowest BCUT2D eigenvalue weighted by Gasteiger charge is -2.06. The van der Waals surface area contributed by atoms with Crippen LogP contribution in [0.15, 0.2) is 36.0 Å². The van der Waals surface area contributed by atoms with Crippen LogP contribution < -0.4 is 5.32 Å². The van der Waals surface area contributed by atoms with Gasteiger partial charge in [0.25, 0.3) is 0 Å². The van der Waals surface area contributed by atoms with E-state index in [-0.39, 0.29) is 11.6 Å². The maximum absolute atomic E-state index is 11.4. The fraction of sp³-hybridized carbons (Fsp3) is 0.167. The highest BCUT2D eigenvalue weighted by Crippen LogP contribution is 2.06. The second kappa shape index (κ2) is 6.70. The molecule has 0 aromatic heterocycles. The number of carbonyl (C=O) groups excluding carboxylic acids is 2. The number of methoxy groups -OCH3 is 1. The van der Waals surface area contributed by atoms with Crippen molar-refractivity contribution in [3.05, 3.63) is 41.6 Å². The van der Waals surface area contributed by atoms with Gasteiger partial charge in [0.1, 0.15) is 11.6 Å². The maximum atomic E-state index is 11.4. The minimum atomic E-state index is -0.618. The summed E-state index contributed by atoms with van der Waals surface area (Å²) in [4.78, 5) is 22.6. The third-order valence-electron chi connectivity index (χ3n) is 1.91. The van der Waals surface area contributed by atoms with Crippen molar-refractivity contribution in [1.82, 2.24) is 5.32 Å². The summed E-state index contributed by atoms with van der Waals surface area (Å²) in [7, 11) is 1.24. The van der Waals surface area contributed by atoms with Crippen LogP contribution in [-0.4, -0.2) is 24.9 Å². The Bertz CT molecular complexity index is 429. The second-order valence-corrected chi connectivity index (χ2v) is 3.41. The zero-order valence-electron chi connectivity index (χ0n) is 9.27. The van der Waals surface area contributed by atoms with Crippen molar-refractivity contribution in [2.45, 2.75) is 0 Å². The molecule has 1 aromatic carbocycles. The zero-order chi connectivity index (χ0) is 12.7. The molecule has 1 aromatic rings. The monoisotopic (exact) mass is 253 g/mol. The molecule has 0 unspecified atom stereocenters. The van der Waals surface area contributed by atoms with E-state index in [1.807, 2.05) is 18.2 Å². The number of alkyl halides is 1. The predicted octanol–water partition coefficient (Wildman–Crippen LogP) is 1.56. The molecule has 0 bridgehead atoms. The second-order valence-electron chi connectivity index (χ2n) is 3.14. The first-order valence-corrected chi connectivity index (χ1v) is 5.41. The van der Waals surface area contributed by atoms with Crippen molar-refractivity contribution in [2.75, 3.05) is 13.0 Å². The van der Waals surface area contributed by atoms with Gasteiger partial charge < -0.3 is 10.1 Å². The molecule has 4 nitrogen and oxygen atoms in total. The van der Waals surface area contributed by atoms with Gasteiger partial charge in [0.2, 0.25) is 5.91 Å². The van der Waals surface area contributed by atoms with E-state index in [1.165, 1.54) is 13.2 Å². The Labute approximate surface area is 104 Å². The van der Waals surface area contributed by atoms with E-state index in [9.17, 15) is 9.59 Å². The zero-order valence-corrected chi connectivity index (χ0v) is 10.0. The van der Waals surface area contributed by atoms with Gasteiger partial charge in [-0.15, -0.1) is 11.6 Å². The molecular formula is C12H12ClNO3. The third-order valence-corrected chi connectivity index (χ3v) is 2.15. The van der Waals surface area contributed by atoms with Crippen molar-refractivity contribution >= 4 is 29.6 Å². The lowest BCUT2D eigenvalue weighted by atomic mass is 10.2. The van der Waals surface area contributed by atoms with Gasteiger partial charge in [-0.1, -0.05) is 30.3 Å². The summed E-state index contributed by atoms with van der Waals surface area (Å²) in [5.74, 6) is -1.30. The van der Waals surface area contributed by atoms with Crippen molar-refractivity contribution in [1.29, 1.82) is 0 Å². The summed E-state index contributed by atoms with van der Waals surface area (Å²) in [5.41, 5.74) is 0.840. The molecule has 0 saturated carbocycles. The van der Waals surface area contributed by atoms with Gasteiger partial charge >= 0.3 is 5.97 Å². The van der Waals surface area contributed by atoms with E-state index < -0.39 is 11.9 Å². The van der Waals surface area contributed by atoms with Crippen LogP contribution in [-0.2, 0) is 14.3 Å². The van der Waals surface area contributed by atoms with E-state index >= 15 is 0 Å². The lowest BCUT2D eigenvalue weighted by molar-refractivity contribution is -0.137. The number of hydrogen-bond acceptors (Lipinski definition) is 3. The summed E-state index contributed by atoms with van der Waals surface area (Å²) in [6.07, 6.45) is 1.52.